The maximum Gasteiger partial charge on any atom is 0.323 e. The highest BCUT2D eigenvalue weighted by Crippen LogP contribution is 2.23. The predicted molar refractivity (Wildman–Crippen MR) is 109 cm³/mol. The normalized spacial score (nSPS) is 13.6. The van der Waals surface area contributed by atoms with Crippen molar-refractivity contribution in [3.05, 3.63) is 53.6 Å². The molecule has 9 heteroatoms. The average molecular weight is 398 g/mol. The number of anilines is 3. The van der Waals surface area contributed by atoms with E-state index in [4.69, 9.17) is 11.6 Å². The molecule has 4 rings (SSSR count). The fourth-order valence-corrected chi connectivity index (χ4v) is 3.36. The molecule has 2 N–H and O–H groups in total. The monoisotopic (exact) mass is 397 g/mol. The molecular formula is C19H20ClN7O. The van der Waals surface area contributed by atoms with Gasteiger partial charge < -0.3 is 15.5 Å². The van der Waals surface area contributed by atoms with Crippen LogP contribution >= 0.6 is 11.6 Å². The maximum absolute atomic E-state index is 12.2. The number of nitrogens with one attached hydrogen (secondary N) is 2. The fraction of sp³-hybridized carbons (Fsp3) is 0.263. The third kappa shape index (κ3) is 4.07. The van der Waals surface area contributed by atoms with E-state index in [9.17, 15) is 4.79 Å². The summed E-state index contributed by atoms with van der Waals surface area (Å²) in [6.07, 6.45) is 9.19. The number of aromatic nitrogens is 4. The number of aryl methyl sites for hydroxylation is 1. The van der Waals surface area contributed by atoms with Crippen LogP contribution in [0.5, 0.6) is 0 Å². The second kappa shape index (κ2) is 7.85. The molecule has 8 nitrogen and oxygen atoms in total. The molecule has 2 aromatic heterocycles. The first-order chi connectivity index (χ1) is 13.6. The molecule has 28 heavy (non-hydrogen) atoms. The topological polar surface area (TPSA) is 88.0 Å². The SMILES string of the molecule is Cc1ccc(NC(=O)Nc2cnn(-c3ncc(N4CCCC4)cn3)c2)c(Cl)c1. The van der Waals surface area contributed by atoms with Crippen LogP contribution in [0.1, 0.15) is 18.4 Å². The van der Waals surface area contributed by atoms with E-state index in [1.807, 2.05) is 13.0 Å². The molecule has 0 unspecified atom stereocenters. The van der Waals surface area contributed by atoms with Crippen LogP contribution in [0, 0.1) is 6.92 Å². The third-order valence-electron chi connectivity index (χ3n) is 4.51. The standard InChI is InChI=1S/C19H20ClN7O/c1-13-4-5-17(16(20)8-13)25-19(28)24-14-9-23-27(12-14)18-21-10-15(11-22-18)26-6-2-3-7-26/h4-5,8-12H,2-3,6-7H2,1H3,(H2,24,25,28). The predicted octanol–water partition coefficient (Wildman–Crippen LogP) is 3.87. The molecule has 3 heterocycles. The van der Waals surface area contributed by atoms with E-state index in [1.165, 1.54) is 23.7 Å². The number of hydrogen-bond donors (Lipinski definition) is 2. The number of nitrogens with zero attached hydrogens (tertiary/aromatic N) is 5. The van der Waals surface area contributed by atoms with Gasteiger partial charge in [0.1, 0.15) is 0 Å². The van der Waals surface area contributed by atoms with Crippen molar-refractivity contribution in [1.82, 2.24) is 19.7 Å². The van der Waals surface area contributed by atoms with Gasteiger partial charge in [0, 0.05) is 13.1 Å². The Morgan fingerprint density at radius 1 is 1.11 bits per heavy atom. The first kappa shape index (κ1) is 18.2. The van der Waals surface area contributed by atoms with Crippen molar-refractivity contribution in [3.8, 4) is 5.95 Å². The Kier molecular flexibility index (Phi) is 5.12. The molecule has 1 aliphatic rings. The number of carbonyl (C=O) groups is 1. The number of urea groups is 1. The van der Waals surface area contributed by atoms with Crippen LogP contribution in [0.15, 0.2) is 43.0 Å². The van der Waals surface area contributed by atoms with Crippen molar-refractivity contribution in [3.63, 3.8) is 0 Å². The van der Waals surface area contributed by atoms with Crippen LogP contribution in [-0.4, -0.2) is 38.9 Å². The summed E-state index contributed by atoms with van der Waals surface area (Å²) in [5, 5.41) is 10.1. The second-order valence-corrected chi connectivity index (χ2v) is 7.08. The smallest absolute Gasteiger partial charge is 0.323 e. The van der Waals surface area contributed by atoms with Crippen LogP contribution in [0.4, 0.5) is 21.9 Å². The quantitative estimate of drug-likeness (QED) is 0.697. The van der Waals surface area contributed by atoms with Gasteiger partial charge >= 0.3 is 6.03 Å². The molecule has 0 saturated carbocycles. The van der Waals surface area contributed by atoms with Gasteiger partial charge in [-0.05, 0) is 37.5 Å². The van der Waals surface area contributed by atoms with Crippen molar-refractivity contribution in [2.75, 3.05) is 28.6 Å². The summed E-state index contributed by atoms with van der Waals surface area (Å²) in [7, 11) is 0. The molecule has 1 saturated heterocycles. The molecule has 3 aromatic rings. The number of hydrogen-bond acceptors (Lipinski definition) is 5. The molecular weight excluding hydrogens is 378 g/mol. The van der Waals surface area contributed by atoms with Gasteiger partial charge in [-0.2, -0.15) is 5.10 Å². The van der Waals surface area contributed by atoms with Crippen molar-refractivity contribution >= 4 is 34.7 Å². The zero-order valence-corrected chi connectivity index (χ0v) is 16.1. The lowest BCUT2D eigenvalue weighted by Crippen LogP contribution is -2.19. The molecule has 1 fully saturated rings. The van der Waals surface area contributed by atoms with E-state index in [0.29, 0.717) is 22.3 Å². The molecule has 0 atom stereocenters. The Hall–Kier alpha value is -3.13. The number of benzene rings is 1. The zero-order valence-electron chi connectivity index (χ0n) is 15.4. The number of amides is 2. The lowest BCUT2D eigenvalue weighted by atomic mass is 10.2. The Balaban J connectivity index is 1.40. The summed E-state index contributed by atoms with van der Waals surface area (Å²) in [4.78, 5) is 23.2. The van der Waals surface area contributed by atoms with E-state index in [0.717, 1.165) is 24.3 Å². The summed E-state index contributed by atoms with van der Waals surface area (Å²) in [5.74, 6) is 0.443. The van der Waals surface area contributed by atoms with Gasteiger partial charge in [-0.3, -0.25) is 0 Å². The van der Waals surface area contributed by atoms with Crippen LogP contribution < -0.4 is 15.5 Å². The average Bonchev–Trinajstić information content (AvgIpc) is 3.36. The van der Waals surface area contributed by atoms with Gasteiger partial charge in [0.15, 0.2) is 0 Å². The van der Waals surface area contributed by atoms with Gasteiger partial charge in [0.05, 0.1) is 46.9 Å². The third-order valence-corrected chi connectivity index (χ3v) is 4.83. The van der Waals surface area contributed by atoms with Crippen molar-refractivity contribution in [2.24, 2.45) is 0 Å². The van der Waals surface area contributed by atoms with E-state index in [1.54, 1.807) is 30.7 Å². The number of carbonyl (C=O) groups excluding carboxylic acids is 1. The molecule has 0 bridgehead atoms. The summed E-state index contributed by atoms with van der Waals surface area (Å²) < 4.78 is 1.52. The number of halogens is 1. The van der Waals surface area contributed by atoms with Crippen molar-refractivity contribution < 1.29 is 4.79 Å². The van der Waals surface area contributed by atoms with Crippen LogP contribution in [0.3, 0.4) is 0 Å². The Labute approximate surface area is 167 Å². The molecule has 0 aliphatic carbocycles. The van der Waals surface area contributed by atoms with E-state index in [2.05, 4.69) is 30.6 Å². The summed E-state index contributed by atoms with van der Waals surface area (Å²) in [6, 6.07) is 5.02. The maximum atomic E-state index is 12.2. The van der Waals surface area contributed by atoms with Crippen LogP contribution in [-0.2, 0) is 0 Å². The fourth-order valence-electron chi connectivity index (χ4n) is 3.07. The first-order valence-electron chi connectivity index (χ1n) is 9.05. The lowest BCUT2D eigenvalue weighted by molar-refractivity contribution is 0.262. The minimum atomic E-state index is -0.407. The second-order valence-electron chi connectivity index (χ2n) is 6.67. The molecule has 1 aromatic carbocycles. The minimum Gasteiger partial charge on any atom is -0.369 e. The highest BCUT2D eigenvalue weighted by atomic mass is 35.5. The number of rotatable bonds is 4. The minimum absolute atomic E-state index is 0.407. The van der Waals surface area contributed by atoms with Gasteiger partial charge in [0.25, 0.3) is 5.95 Å². The lowest BCUT2D eigenvalue weighted by Gasteiger charge is -2.16. The summed E-state index contributed by atoms with van der Waals surface area (Å²) in [5.41, 5.74) is 3.10. The molecule has 1 aliphatic heterocycles. The molecule has 0 radical (unpaired) electrons. The van der Waals surface area contributed by atoms with Crippen molar-refractivity contribution in [1.29, 1.82) is 0 Å². The van der Waals surface area contributed by atoms with E-state index >= 15 is 0 Å². The van der Waals surface area contributed by atoms with E-state index < -0.39 is 6.03 Å². The van der Waals surface area contributed by atoms with Gasteiger partial charge in [-0.15, -0.1) is 0 Å². The van der Waals surface area contributed by atoms with Gasteiger partial charge in [-0.25, -0.2) is 19.4 Å². The highest BCUT2D eigenvalue weighted by Gasteiger charge is 2.14. The van der Waals surface area contributed by atoms with Crippen LogP contribution in [0.25, 0.3) is 5.95 Å². The highest BCUT2D eigenvalue weighted by molar-refractivity contribution is 6.33. The molecule has 2 amide bonds. The van der Waals surface area contributed by atoms with Gasteiger partial charge in [0.2, 0.25) is 0 Å². The molecule has 0 spiro atoms. The van der Waals surface area contributed by atoms with Gasteiger partial charge in [-0.1, -0.05) is 17.7 Å². The Morgan fingerprint density at radius 2 is 1.86 bits per heavy atom. The summed E-state index contributed by atoms with van der Waals surface area (Å²) >= 11 is 6.14. The van der Waals surface area contributed by atoms with E-state index in [-0.39, 0.29) is 0 Å². The largest absolute Gasteiger partial charge is 0.369 e. The van der Waals surface area contributed by atoms with Crippen LogP contribution in [0.2, 0.25) is 5.02 Å². The first-order valence-corrected chi connectivity index (χ1v) is 9.42. The molecule has 144 valence electrons. The Bertz CT molecular complexity index is 980. The Morgan fingerprint density at radius 3 is 2.57 bits per heavy atom. The van der Waals surface area contributed by atoms with Crippen molar-refractivity contribution in [2.45, 2.75) is 19.8 Å². The summed E-state index contributed by atoms with van der Waals surface area (Å²) in [6.45, 7) is 4.02. The zero-order chi connectivity index (χ0) is 19.5.